The van der Waals surface area contributed by atoms with Crippen molar-refractivity contribution in [2.75, 3.05) is 26.3 Å². The molecule has 0 radical (unpaired) electrons. The van der Waals surface area contributed by atoms with Crippen molar-refractivity contribution in [3.8, 4) is 5.75 Å². The first-order valence-corrected chi connectivity index (χ1v) is 7.68. The predicted molar refractivity (Wildman–Crippen MR) is 85.7 cm³/mol. The summed E-state index contributed by atoms with van der Waals surface area (Å²) in [4.78, 5) is 0. The molecule has 3 N–H and O–H groups in total. The van der Waals surface area contributed by atoms with E-state index in [2.05, 4.69) is 32.2 Å². The fourth-order valence-corrected chi connectivity index (χ4v) is 2.07. The highest BCUT2D eigenvalue weighted by Crippen LogP contribution is 2.18. The molecule has 0 saturated carbocycles. The standard InChI is InChI=1S/C17H29NO3/c1-4-14-6-5-7-16(10-14)21-12-15(20)11-18-13-17(2,3)8-9-19/h5-7,10,15,18-20H,4,8-9,11-13H2,1-3H3. The second kappa shape index (κ2) is 9.03. The van der Waals surface area contributed by atoms with Crippen LogP contribution in [0.25, 0.3) is 0 Å². The molecule has 1 rings (SSSR count). The van der Waals surface area contributed by atoms with E-state index in [-0.39, 0.29) is 18.6 Å². The highest BCUT2D eigenvalue weighted by molar-refractivity contribution is 5.28. The van der Waals surface area contributed by atoms with Gasteiger partial charge in [0.05, 0.1) is 0 Å². The van der Waals surface area contributed by atoms with Crippen LogP contribution < -0.4 is 10.1 Å². The topological polar surface area (TPSA) is 61.7 Å². The Kier molecular flexibility index (Phi) is 7.72. The van der Waals surface area contributed by atoms with Crippen LogP contribution >= 0.6 is 0 Å². The van der Waals surface area contributed by atoms with E-state index in [0.29, 0.717) is 6.54 Å². The molecule has 4 heteroatoms. The maximum absolute atomic E-state index is 9.93. The van der Waals surface area contributed by atoms with Gasteiger partial charge in [-0.2, -0.15) is 0 Å². The highest BCUT2D eigenvalue weighted by atomic mass is 16.5. The van der Waals surface area contributed by atoms with Crippen molar-refractivity contribution in [1.29, 1.82) is 0 Å². The molecule has 1 unspecified atom stereocenters. The van der Waals surface area contributed by atoms with Crippen molar-refractivity contribution >= 4 is 0 Å². The average molecular weight is 295 g/mol. The van der Waals surface area contributed by atoms with E-state index >= 15 is 0 Å². The first-order valence-electron chi connectivity index (χ1n) is 7.68. The molecular formula is C17H29NO3. The Hall–Kier alpha value is -1.10. The summed E-state index contributed by atoms with van der Waals surface area (Å²) in [6.07, 6.45) is 1.18. The minimum Gasteiger partial charge on any atom is -0.491 e. The molecule has 1 atom stereocenters. The van der Waals surface area contributed by atoms with Crippen molar-refractivity contribution in [1.82, 2.24) is 5.32 Å². The molecular weight excluding hydrogens is 266 g/mol. The van der Waals surface area contributed by atoms with Crippen LogP contribution in [0.5, 0.6) is 5.75 Å². The third-order valence-corrected chi connectivity index (χ3v) is 3.52. The smallest absolute Gasteiger partial charge is 0.119 e. The lowest BCUT2D eigenvalue weighted by Crippen LogP contribution is -2.37. The van der Waals surface area contributed by atoms with Gasteiger partial charge in [-0.05, 0) is 36.0 Å². The predicted octanol–water partition coefficient (Wildman–Crippen LogP) is 1.99. The number of aliphatic hydroxyl groups is 2. The van der Waals surface area contributed by atoms with Crippen LogP contribution in [-0.2, 0) is 6.42 Å². The summed E-state index contributed by atoms with van der Waals surface area (Å²) in [5.41, 5.74) is 1.26. The summed E-state index contributed by atoms with van der Waals surface area (Å²) in [6.45, 7) is 8.00. The molecule has 21 heavy (non-hydrogen) atoms. The van der Waals surface area contributed by atoms with Crippen molar-refractivity contribution in [2.24, 2.45) is 5.41 Å². The minimum atomic E-state index is -0.541. The van der Waals surface area contributed by atoms with Crippen LogP contribution in [0, 0.1) is 5.41 Å². The van der Waals surface area contributed by atoms with Gasteiger partial charge in [0, 0.05) is 19.7 Å². The van der Waals surface area contributed by atoms with Crippen molar-refractivity contribution in [3.05, 3.63) is 29.8 Å². The van der Waals surface area contributed by atoms with Gasteiger partial charge in [0.1, 0.15) is 18.5 Å². The molecule has 1 aromatic carbocycles. The molecule has 0 heterocycles. The zero-order chi connectivity index (χ0) is 15.7. The summed E-state index contributed by atoms with van der Waals surface area (Å²) >= 11 is 0. The van der Waals surface area contributed by atoms with E-state index in [4.69, 9.17) is 9.84 Å². The molecule has 0 aliphatic heterocycles. The zero-order valence-electron chi connectivity index (χ0n) is 13.4. The Morgan fingerprint density at radius 1 is 1.33 bits per heavy atom. The van der Waals surface area contributed by atoms with E-state index in [0.717, 1.165) is 25.1 Å². The Balaban J connectivity index is 2.26. The number of aliphatic hydroxyl groups excluding tert-OH is 2. The lowest BCUT2D eigenvalue weighted by Gasteiger charge is -2.24. The first kappa shape index (κ1) is 18.0. The van der Waals surface area contributed by atoms with Crippen LogP contribution in [0.1, 0.15) is 32.8 Å². The lowest BCUT2D eigenvalue weighted by atomic mass is 9.90. The number of rotatable bonds is 10. The van der Waals surface area contributed by atoms with E-state index in [1.165, 1.54) is 5.56 Å². The Morgan fingerprint density at radius 3 is 2.76 bits per heavy atom. The highest BCUT2D eigenvalue weighted by Gasteiger charge is 2.17. The normalized spacial score (nSPS) is 13.2. The molecule has 0 aliphatic carbocycles. The molecule has 0 saturated heterocycles. The molecule has 0 bridgehead atoms. The van der Waals surface area contributed by atoms with Gasteiger partial charge in [0.25, 0.3) is 0 Å². The maximum Gasteiger partial charge on any atom is 0.119 e. The molecule has 0 aromatic heterocycles. The second-order valence-corrected chi connectivity index (χ2v) is 6.23. The lowest BCUT2D eigenvalue weighted by molar-refractivity contribution is 0.102. The van der Waals surface area contributed by atoms with Gasteiger partial charge in [-0.25, -0.2) is 0 Å². The summed E-state index contributed by atoms with van der Waals surface area (Å²) < 4.78 is 5.61. The van der Waals surface area contributed by atoms with Gasteiger partial charge in [-0.3, -0.25) is 0 Å². The molecule has 1 aromatic rings. The number of ether oxygens (including phenoxy) is 1. The van der Waals surface area contributed by atoms with Gasteiger partial charge < -0.3 is 20.3 Å². The van der Waals surface area contributed by atoms with E-state index < -0.39 is 6.10 Å². The first-order chi connectivity index (χ1) is 9.96. The fraction of sp³-hybridized carbons (Fsp3) is 0.647. The summed E-state index contributed by atoms with van der Waals surface area (Å²) in [6, 6.07) is 7.94. The Labute approximate surface area is 128 Å². The van der Waals surface area contributed by atoms with Crippen molar-refractivity contribution in [3.63, 3.8) is 0 Å². The number of aryl methyl sites for hydroxylation is 1. The van der Waals surface area contributed by atoms with Gasteiger partial charge in [-0.1, -0.05) is 32.9 Å². The molecule has 0 spiro atoms. The number of nitrogens with one attached hydrogen (secondary N) is 1. The van der Waals surface area contributed by atoms with Crippen molar-refractivity contribution in [2.45, 2.75) is 39.7 Å². The Morgan fingerprint density at radius 2 is 2.10 bits per heavy atom. The SMILES string of the molecule is CCc1cccc(OCC(O)CNCC(C)(C)CCO)c1. The Bertz CT molecular complexity index is 407. The molecule has 0 aliphatic rings. The van der Waals surface area contributed by atoms with Crippen LogP contribution in [0.3, 0.4) is 0 Å². The van der Waals surface area contributed by atoms with Gasteiger partial charge >= 0.3 is 0 Å². The van der Waals surface area contributed by atoms with Crippen LogP contribution in [-0.4, -0.2) is 42.6 Å². The monoisotopic (exact) mass is 295 g/mol. The third kappa shape index (κ3) is 7.46. The molecule has 120 valence electrons. The largest absolute Gasteiger partial charge is 0.491 e. The van der Waals surface area contributed by atoms with Crippen LogP contribution in [0.2, 0.25) is 0 Å². The minimum absolute atomic E-state index is 0.0325. The van der Waals surface area contributed by atoms with Crippen LogP contribution in [0.4, 0.5) is 0 Å². The van der Waals surface area contributed by atoms with E-state index in [1.807, 2.05) is 18.2 Å². The number of hydrogen-bond acceptors (Lipinski definition) is 4. The number of hydrogen-bond donors (Lipinski definition) is 3. The second-order valence-electron chi connectivity index (χ2n) is 6.23. The van der Waals surface area contributed by atoms with Crippen molar-refractivity contribution < 1.29 is 14.9 Å². The zero-order valence-corrected chi connectivity index (χ0v) is 13.4. The van der Waals surface area contributed by atoms with Gasteiger partial charge in [-0.15, -0.1) is 0 Å². The summed E-state index contributed by atoms with van der Waals surface area (Å²) in [7, 11) is 0. The van der Waals surface area contributed by atoms with Gasteiger partial charge in [0.15, 0.2) is 0 Å². The average Bonchev–Trinajstić information content (AvgIpc) is 2.45. The molecule has 0 fully saturated rings. The molecule has 0 amide bonds. The molecule has 4 nitrogen and oxygen atoms in total. The van der Waals surface area contributed by atoms with Crippen LogP contribution in [0.15, 0.2) is 24.3 Å². The quantitative estimate of drug-likeness (QED) is 0.618. The fourth-order valence-electron chi connectivity index (χ4n) is 2.07. The summed E-state index contributed by atoms with van der Waals surface area (Å²) in [5.74, 6) is 0.800. The van der Waals surface area contributed by atoms with E-state index in [9.17, 15) is 5.11 Å². The summed E-state index contributed by atoms with van der Waals surface area (Å²) in [5, 5.41) is 22.1. The number of benzene rings is 1. The maximum atomic E-state index is 9.93. The van der Waals surface area contributed by atoms with E-state index in [1.54, 1.807) is 0 Å². The van der Waals surface area contributed by atoms with Gasteiger partial charge in [0.2, 0.25) is 0 Å². The third-order valence-electron chi connectivity index (χ3n) is 3.52.